The van der Waals surface area contributed by atoms with Gasteiger partial charge in [0.25, 0.3) is 0 Å². The number of likely N-dealkylation sites (tertiary alicyclic amines) is 1. The molecule has 1 unspecified atom stereocenters. The fourth-order valence-electron chi connectivity index (χ4n) is 2.45. The lowest BCUT2D eigenvalue weighted by Crippen LogP contribution is -2.43. The van der Waals surface area contributed by atoms with Crippen LogP contribution < -0.4 is 5.32 Å². The fraction of sp³-hybridized carbons (Fsp3) is 0.462. The van der Waals surface area contributed by atoms with Crippen LogP contribution in [0.5, 0.6) is 0 Å². The van der Waals surface area contributed by atoms with Crippen molar-refractivity contribution in [2.75, 3.05) is 18.9 Å². The number of amides is 1. The van der Waals surface area contributed by atoms with Crippen LogP contribution in [0.2, 0.25) is 5.28 Å². The van der Waals surface area contributed by atoms with Crippen molar-refractivity contribution in [1.29, 1.82) is 0 Å². The molecular formula is C13H15ClN4OS. The molecule has 0 saturated carbocycles. The van der Waals surface area contributed by atoms with Crippen molar-refractivity contribution in [3.8, 4) is 0 Å². The van der Waals surface area contributed by atoms with Gasteiger partial charge in [0.15, 0.2) is 0 Å². The summed E-state index contributed by atoms with van der Waals surface area (Å²) >= 11 is 7.59. The molecule has 20 heavy (non-hydrogen) atoms. The van der Waals surface area contributed by atoms with E-state index < -0.39 is 0 Å². The van der Waals surface area contributed by atoms with Crippen LogP contribution in [0.1, 0.15) is 17.7 Å². The number of fused-ring (bicyclic) bond motifs is 1. The van der Waals surface area contributed by atoms with Crippen LogP contribution in [0.15, 0.2) is 6.07 Å². The minimum atomic E-state index is 0.195. The van der Waals surface area contributed by atoms with E-state index in [9.17, 15) is 4.79 Å². The molecule has 3 rings (SSSR count). The minimum absolute atomic E-state index is 0.195. The largest absolute Gasteiger partial charge is 0.365 e. The first-order chi connectivity index (χ1) is 9.52. The summed E-state index contributed by atoms with van der Waals surface area (Å²) in [5, 5.41) is 4.65. The summed E-state index contributed by atoms with van der Waals surface area (Å²) in [6.45, 7) is 2.72. The molecule has 2 aromatic rings. The van der Waals surface area contributed by atoms with E-state index in [1.807, 2.05) is 14.0 Å². The summed E-state index contributed by atoms with van der Waals surface area (Å²) in [5.41, 5.74) is 0. The Morgan fingerprint density at radius 3 is 3.05 bits per heavy atom. The predicted octanol–water partition coefficient (Wildman–Crippen LogP) is 2.69. The maximum absolute atomic E-state index is 11.5. The van der Waals surface area contributed by atoms with Crippen LogP contribution in [-0.2, 0) is 4.79 Å². The van der Waals surface area contributed by atoms with E-state index in [1.54, 1.807) is 16.2 Å². The fourth-order valence-corrected chi connectivity index (χ4v) is 3.55. The highest BCUT2D eigenvalue weighted by Crippen LogP contribution is 2.30. The van der Waals surface area contributed by atoms with E-state index >= 15 is 0 Å². The van der Waals surface area contributed by atoms with Gasteiger partial charge < -0.3 is 10.2 Å². The number of hydrogen-bond acceptors (Lipinski definition) is 5. The smallest absolute Gasteiger partial charge is 0.225 e. The first kappa shape index (κ1) is 13.6. The molecule has 3 heterocycles. The van der Waals surface area contributed by atoms with E-state index in [-0.39, 0.29) is 17.2 Å². The molecule has 5 nitrogen and oxygen atoms in total. The number of anilines is 1. The number of hydrogen-bond donors (Lipinski definition) is 1. The first-order valence-electron chi connectivity index (χ1n) is 6.47. The van der Waals surface area contributed by atoms with Gasteiger partial charge in [-0.15, -0.1) is 11.3 Å². The molecule has 1 saturated heterocycles. The van der Waals surface area contributed by atoms with Gasteiger partial charge in [0.2, 0.25) is 11.2 Å². The van der Waals surface area contributed by atoms with Crippen molar-refractivity contribution in [2.45, 2.75) is 25.8 Å². The number of thiophene rings is 1. The minimum Gasteiger partial charge on any atom is -0.365 e. The molecule has 0 bridgehead atoms. The molecule has 0 aliphatic carbocycles. The summed E-state index contributed by atoms with van der Waals surface area (Å²) in [6, 6.07) is 2.27. The van der Waals surface area contributed by atoms with Crippen LogP contribution in [0.4, 0.5) is 5.82 Å². The highest BCUT2D eigenvalue weighted by molar-refractivity contribution is 7.18. The predicted molar refractivity (Wildman–Crippen MR) is 81.4 cm³/mol. The number of likely N-dealkylation sites (N-methyl/N-ethyl adjacent to an activating group) is 1. The van der Waals surface area contributed by atoms with E-state index in [1.165, 1.54) is 4.88 Å². The van der Waals surface area contributed by atoms with E-state index in [4.69, 9.17) is 11.6 Å². The summed E-state index contributed by atoms with van der Waals surface area (Å²) in [6.07, 6.45) is 1.38. The summed E-state index contributed by atoms with van der Waals surface area (Å²) in [7, 11) is 1.83. The topological polar surface area (TPSA) is 58.1 Å². The molecule has 7 heteroatoms. The Kier molecular flexibility index (Phi) is 3.52. The van der Waals surface area contributed by atoms with Gasteiger partial charge >= 0.3 is 0 Å². The molecule has 1 fully saturated rings. The number of piperidine rings is 1. The Morgan fingerprint density at radius 2 is 2.30 bits per heavy atom. The standard InChI is InChI=1S/C13H15ClN4OS/c1-7-5-9-11(16-13(14)17-12(9)20-7)15-8-3-4-10(19)18(2)6-8/h5,8H,3-4,6H2,1-2H3,(H,15,16,17). The van der Waals surface area contributed by atoms with Crippen molar-refractivity contribution in [1.82, 2.24) is 14.9 Å². The summed E-state index contributed by atoms with van der Waals surface area (Å²) in [5.74, 6) is 0.956. The van der Waals surface area contributed by atoms with Gasteiger partial charge in [0.1, 0.15) is 10.6 Å². The third-order valence-corrected chi connectivity index (χ3v) is 4.57. The molecule has 1 aliphatic heterocycles. The Hall–Kier alpha value is -1.40. The Bertz CT molecular complexity index is 672. The van der Waals surface area contributed by atoms with Crippen LogP contribution in [0.25, 0.3) is 10.2 Å². The van der Waals surface area contributed by atoms with Crippen molar-refractivity contribution in [3.05, 3.63) is 16.2 Å². The van der Waals surface area contributed by atoms with E-state index in [2.05, 4.69) is 21.4 Å². The van der Waals surface area contributed by atoms with Gasteiger partial charge in [0.05, 0.1) is 5.39 Å². The molecular weight excluding hydrogens is 296 g/mol. The third kappa shape index (κ3) is 2.58. The zero-order valence-corrected chi connectivity index (χ0v) is 12.9. The van der Waals surface area contributed by atoms with Gasteiger partial charge in [0, 0.05) is 30.9 Å². The number of rotatable bonds is 2. The third-order valence-electron chi connectivity index (χ3n) is 3.46. The number of nitrogens with zero attached hydrogens (tertiary/aromatic N) is 3. The van der Waals surface area contributed by atoms with Gasteiger partial charge in [-0.3, -0.25) is 4.79 Å². The summed E-state index contributed by atoms with van der Waals surface area (Å²) in [4.78, 5) is 23.9. The molecule has 1 atom stereocenters. The maximum Gasteiger partial charge on any atom is 0.225 e. The van der Waals surface area contributed by atoms with Gasteiger partial charge in [-0.2, -0.15) is 0 Å². The van der Waals surface area contributed by atoms with Crippen molar-refractivity contribution in [2.24, 2.45) is 0 Å². The van der Waals surface area contributed by atoms with Gasteiger partial charge in [-0.25, -0.2) is 9.97 Å². The van der Waals surface area contributed by atoms with Gasteiger partial charge in [-0.05, 0) is 31.0 Å². The zero-order chi connectivity index (χ0) is 14.3. The molecule has 0 aromatic carbocycles. The first-order valence-corrected chi connectivity index (χ1v) is 7.66. The van der Waals surface area contributed by atoms with Crippen LogP contribution in [0.3, 0.4) is 0 Å². The number of halogens is 1. The van der Waals surface area contributed by atoms with Crippen LogP contribution in [0, 0.1) is 6.92 Å². The normalized spacial score (nSPS) is 19.6. The number of aromatic nitrogens is 2. The monoisotopic (exact) mass is 310 g/mol. The maximum atomic E-state index is 11.5. The highest BCUT2D eigenvalue weighted by Gasteiger charge is 2.23. The molecule has 1 N–H and O–H groups in total. The van der Waals surface area contributed by atoms with Crippen molar-refractivity contribution in [3.63, 3.8) is 0 Å². The average Bonchev–Trinajstić information content (AvgIpc) is 2.74. The molecule has 106 valence electrons. The molecule has 1 aliphatic rings. The lowest BCUT2D eigenvalue weighted by atomic mass is 10.1. The highest BCUT2D eigenvalue weighted by atomic mass is 35.5. The Morgan fingerprint density at radius 1 is 1.50 bits per heavy atom. The average molecular weight is 311 g/mol. The number of aryl methyl sites for hydroxylation is 1. The second-order valence-electron chi connectivity index (χ2n) is 5.07. The van der Waals surface area contributed by atoms with Gasteiger partial charge in [-0.1, -0.05) is 0 Å². The molecule has 2 aromatic heterocycles. The second-order valence-corrected chi connectivity index (χ2v) is 6.64. The van der Waals surface area contributed by atoms with E-state index in [0.29, 0.717) is 13.0 Å². The van der Waals surface area contributed by atoms with E-state index in [0.717, 1.165) is 22.5 Å². The number of nitrogens with one attached hydrogen (secondary N) is 1. The molecule has 0 spiro atoms. The SMILES string of the molecule is Cc1cc2c(NC3CCC(=O)N(C)C3)nc(Cl)nc2s1. The van der Waals surface area contributed by atoms with Crippen LogP contribution >= 0.6 is 22.9 Å². The van der Waals surface area contributed by atoms with Crippen LogP contribution in [-0.4, -0.2) is 40.4 Å². The molecule has 0 radical (unpaired) electrons. The Labute approximate surface area is 126 Å². The zero-order valence-electron chi connectivity index (χ0n) is 11.3. The second kappa shape index (κ2) is 5.18. The number of carbonyl (C=O) groups is 1. The summed E-state index contributed by atoms with van der Waals surface area (Å²) < 4.78 is 0. The lowest BCUT2D eigenvalue weighted by molar-refractivity contribution is -0.132. The Balaban J connectivity index is 1.88. The molecule has 1 amide bonds. The number of carbonyl (C=O) groups excluding carboxylic acids is 1. The van der Waals surface area contributed by atoms with Crippen molar-refractivity contribution >= 4 is 44.9 Å². The van der Waals surface area contributed by atoms with Crippen molar-refractivity contribution < 1.29 is 4.79 Å². The lowest BCUT2D eigenvalue weighted by Gasteiger charge is -2.30. The quantitative estimate of drug-likeness (QED) is 0.866.